The fourth-order valence-electron chi connectivity index (χ4n) is 3.78. The molecule has 3 aromatic carbocycles. The number of nitrogens with zero attached hydrogens (tertiary/aromatic N) is 2. The Morgan fingerprint density at radius 3 is 1.89 bits per heavy atom. The first-order valence-electron chi connectivity index (χ1n) is 11.3. The second kappa shape index (κ2) is 11.9. The number of carbonyl (C=O) groups is 1. The largest absolute Gasteiger partial charge is 0.450 e. The minimum Gasteiger partial charge on any atom is -0.450 e. The van der Waals surface area contributed by atoms with Crippen LogP contribution in [0.5, 0.6) is 0 Å². The molecule has 0 saturated heterocycles. The van der Waals surface area contributed by atoms with E-state index in [0.717, 1.165) is 33.8 Å². The first-order valence-corrected chi connectivity index (χ1v) is 12.1. The molecule has 0 aromatic heterocycles. The maximum absolute atomic E-state index is 11.8. The van der Waals surface area contributed by atoms with Gasteiger partial charge in [0.2, 0.25) is 0 Å². The summed E-state index contributed by atoms with van der Waals surface area (Å²) in [6, 6.07) is 22.5. The molecule has 0 saturated carbocycles. The van der Waals surface area contributed by atoms with Crippen LogP contribution in [0.3, 0.4) is 0 Å². The normalized spacial score (nSPS) is 10.6. The zero-order chi connectivity index (χ0) is 25.5. The third-order valence-corrected chi connectivity index (χ3v) is 5.99. The molecule has 1 amide bonds. The van der Waals surface area contributed by atoms with Gasteiger partial charge in [0.1, 0.15) is 0 Å². The van der Waals surface area contributed by atoms with Gasteiger partial charge in [-0.05, 0) is 78.3 Å². The number of amides is 1. The van der Waals surface area contributed by atoms with Crippen LogP contribution in [0.4, 0.5) is 21.9 Å². The van der Waals surface area contributed by atoms with Gasteiger partial charge in [-0.25, -0.2) is 4.79 Å². The van der Waals surface area contributed by atoms with Gasteiger partial charge >= 0.3 is 6.09 Å². The lowest BCUT2D eigenvalue weighted by molar-refractivity contribution is 0.158. The number of halogens is 1. The molecule has 0 radical (unpaired) electrons. The van der Waals surface area contributed by atoms with Crippen LogP contribution in [0.1, 0.15) is 29.5 Å². The highest BCUT2D eigenvalue weighted by atomic mass is 35.5. The van der Waals surface area contributed by atoms with Crippen LogP contribution in [-0.4, -0.2) is 46.0 Å². The molecule has 0 aliphatic rings. The van der Waals surface area contributed by atoms with Crippen molar-refractivity contribution in [2.24, 2.45) is 0 Å². The Kier molecular flexibility index (Phi) is 8.95. The average molecular weight is 511 g/mol. The molecule has 0 atom stereocenters. The number of nitrogens with one attached hydrogen (secondary N) is 2. The highest BCUT2D eigenvalue weighted by molar-refractivity contribution is 7.80. The van der Waals surface area contributed by atoms with E-state index < -0.39 is 6.09 Å². The van der Waals surface area contributed by atoms with E-state index in [1.54, 1.807) is 13.0 Å². The van der Waals surface area contributed by atoms with Crippen LogP contribution in [-0.2, 0) is 4.74 Å². The number of thiocarbonyl (C=S) groups is 1. The standard InChI is InChI=1S/C27H31ClN4O2S/c1-6-34-27(33)30-26(35)29-24-16-11-20(28)17-23(24)25(18-7-12-21(13-8-18)31(2)3)19-9-14-22(15-10-19)32(4)5/h7-17,25H,6H2,1-5H3,(H2,29,30,33,35). The number of benzene rings is 3. The van der Waals surface area contributed by atoms with E-state index in [1.807, 2.05) is 40.3 Å². The van der Waals surface area contributed by atoms with Crippen molar-refractivity contribution in [2.45, 2.75) is 12.8 Å². The molecule has 0 aliphatic heterocycles. The lowest BCUT2D eigenvalue weighted by Crippen LogP contribution is -2.34. The Hall–Kier alpha value is -3.29. The number of alkyl carbamates (subject to hydrolysis) is 1. The van der Waals surface area contributed by atoms with Crippen molar-refractivity contribution < 1.29 is 9.53 Å². The smallest absolute Gasteiger partial charge is 0.413 e. The molecule has 0 bridgehead atoms. The highest BCUT2D eigenvalue weighted by Gasteiger charge is 2.22. The Bertz CT molecular complexity index is 1110. The molecule has 0 heterocycles. The molecular formula is C27H31ClN4O2S. The third kappa shape index (κ3) is 6.87. The second-order valence-electron chi connectivity index (χ2n) is 8.44. The van der Waals surface area contributed by atoms with Crippen LogP contribution in [0, 0.1) is 0 Å². The van der Waals surface area contributed by atoms with Crippen molar-refractivity contribution in [1.29, 1.82) is 0 Å². The van der Waals surface area contributed by atoms with Crippen molar-refractivity contribution in [3.63, 3.8) is 0 Å². The van der Waals surface area contributed by atoms with E-state index in [0.29, 0.717) is 5.02 Å². The van der Waals surface area contributed by atoms with E-state index in [-0.39, 0.29) is 17.6 Å². The van der Waals surface area contributed by atoms with Crippen molar-refractivity contribution in [3.05, 3.63) is 88.4 Å². The molecule has 3 rings (SSSR count). The van der Waals surface area contributed by atoms with E-state index in [1.165, 1.54) is 0 Å². The lowest BCUT2D eigenvalue weighted by atomic mass is 9.84. The summed E-state index contributed by atoms with van der Waals surface area (Å²) in [5.74, 6) is -0.131. The predicted molar refractivity (Wildman–Crippen MR) is 150 cm³/mol. The van der Waals surface area contributed by atoms with Gasteiger partial charge in [-0.2, -0.15) is 0 Å². The Labute approximate surface area is 217 Å². The maximum atomic E-state index is 11.8. The van der Waals surface area contributed by atoms with Gasteiger partial charge in [0.25, 0.3) is 0 Å². The van der Waals surface area contributed by atoms with Gasteiger partial charge < -0.3 is 19.9 Å². The maximum Gasteiger partial charge on any atom is 0.413 e. The molecule has 0 fully saturated rings. The molecule has 0 aliphatic carbocycles. The van der Waals surface area contributed by atoms with Gasteiger partial charge in [-0.1, -0.05) is 35.9 Å². The van der Waals surface area contributed by atoms with Gasteiger partial charge in [0.05, 0.1) is 6.61 Å². The SMILES string of the molecule is CCOC(=O)NC(=S)Nc1ccc(Cl)cc1C(c1ccc(N(C)C)cc1)c1ccc(N(C)C)cc1. The zero-order valence-electron chi connectivity index (χ0n) is 20.6. The summed E-state index contributed by atoms with van der Waals surface area (Å²) in [5, 5.41) is 6.45. The Balaban J connectivity index is 2.08. The van der Waals surface area contributed by atoms with E-state index >= 15 is 0 Å². The third-order valence-electron chi connectivity index (χ3n) is 5.55. The Morgan fingerprint density at radius 2 is 1.43 bits per heavy atom. The van der Waals surface area contributed by atoms with Gasteiger partial charge in [-0.3, -0.25) is 5.32 Å². The number of hydrogen-bond donors (Lipinski definition) is 2. The number of hydrogen-bond acceptors (Lipinski definition) is 5. The predicted octanol–water partition coefficient (Wildman–Crippen LogP) is 6.10. The topological polar surface area (TPSA) is 56.8 Å². The summed E-state index contributed by atoms with van der Waals surface area (Å²) in [5.41, 5.74) is 6.10. The summed E-state index contributed by atoms with van der Waals surface area (Å²) >= 11 is 11.8. The molecule has 35 heavy (non-hydrogen) atoms. The first-order chi connectivity index (χ1) is 16.7. The molecule has 184 valence electrons. The summed E-state index contributed by atoms with van der Waals surface area (Å²) in [6.07, 6.45) is -0.601. The monoisotopic (exact) mass is 510 g/mol. The fraction of sp³-hybridized carbons (Fsp3) is 0.259. The molecule has 3 aromatic rings. The number of rotatable bonds is 7. The minimum atomic E-state index is -0.601. The molecule has 0 unspecified atom stereocenters. The zero-order valence-corrected chi connectivity index (χ0v) is 22.2. The quantitative estimate of drug-likeness (QED) is 0.296. The van der Waals surface area contributed by atoms with Crippen molar-refractivity contribution in [1.82, 2.24) is 5.32 Å². The molecule has 2 N–H and O–H groups in total. The van der Waals surface area contributed by atoms with E-state index in [2.05, 4.69) is 69.0 Å². The van der Waals surface area contributed by atoms with Gasteiger partial charge in [-0.15, -0.1) is 0 Å². The summed E-state index contributed by atoms with van der Waals surface area (Å²) in [7, 11) is 8.07. The summed E-state index contributed by atoms with van der Waals surface area (Å²) in [4.78, 5) is 16.0. The lowest BCUT2D eigenvalue weighted by Gasteiger charge is -2.24. The van der Waals surface area contributed by atoms with E-state index in [4.69, 9.17) is 28.6 Å². The van der Waals surface area contributed by atoms with Crippen molar-refractivity contribution in [2.75, 3.05) is 49.9 Å². The highest BCUT2D eigenvalue weighted by Crippen LogP contribution is 2.38. The van der Waals surface area contributed by atoms with Crippen LogP contribution in [0.2, 0.25) is 5.02 Å². The van der Waals surface area contributed by atoms with Crippen molar-refractivity contribution >= 4 is 52.1 Å². The molecule has 6 nitrogen and oxygen atoms in total. The molecule has 8 heteroatoms. The van der Waals surface area contributed by atoms with Gasteiger partial charge in [0, 0.05) is 56.2 Å². The first kappa shape index (κ1) is 26.3. The minimum absolute atomic E-state index is 0.131. The van der Waals surface area contributed by atoms with Crippen LogP contribution >= 0.6 is 23.8 Å². The summed E-state index contributed by atoms with van der Waals surface area (Å²) < 4.78 is 4.94. The van der Waals surface area contributed by atoms with Crippen LogP contribution in [0.15, 0.2) is 66.7 Å². The van der Waals surface area contributed by atoms with Gasteiger partial charge in [0.15, 0.2) is 5.11 Å². The van der Waals surface area contributed by atoms with Crippen LogP contribution in [0.25, 0.3) is 0 Å². The number of ether oxygens (including phenoxy) is 1. The summed E-state index contributed by atoms with van der Waals surface area (Å²) in [6.45, 7) is 2.00. The van der Waals surface area contributed by atoms with Crippen molar-refractivity contribution in [3.8, 4) is 0 Å². The number of carbonyl (C=O) groups excluding carboxylic acids is 1. The Morgan fingerprint density at radius 1 is 0.914 bits per heavy atom. The fourth-order valence-corrected chi connectivity index (χ4v) is 4.15. The second-order valence-corrected chi connectivity index (χ2v) is 9.28. The average Bonchev–Trinajstić information content (AvgIpc) is 2.81. The molecular weight excluding hydrogens is 480 g/mol. The van der Waals surface area contributed by atoms with E-state index in [9.17, 15) is 4.79 Å². The number of anilines is 3. The van der Waals surface area contributed by atoms with Crippen LogP contribution < -0.4 is 20.4 Å². The molecule has 0 spiro atoms.